The maximum Gasteiger partial charge on any atom is 0.260 e. The molecule has 0 bridgehead atoms. The zero-order chi connectivity index (χ0) is 19.4. The van der Waals surface area contributed by atoms with Crippen molar-refractivity contribution < 1.29 is 9.59 Å². The molecule has 3 rings (SSSR count). The predicted octanol–water partition coefficient (Wildman–Crippen LogP) is 3.22. The van der Waals surface area contributed by atoms with Crippen LogP contribution in [-0.4, -0.2) is 22.8 Å². The van der Waals surface area contributed by atoms with Crippen LogP contribution in [0.5, 0.6) is 0 Å². The first kappa shape index (κ1) is 18.8. The van der Waals surface area contributed by atoms with Crippen LogP contribution in [0, 0.1) is 0 Å². The number of hydrogen-bond acceptors (Lipinski definition) is 5. The molecule has 0 spiro atoms. The maximum atomic E-state index is 12.5. The number of carbonyl (C=O) groups excluding carboxylic acids is 2. The summed E-state index contributed by atoms with van der Waals surface area (Å²) < 4.78 is 1.05. The quantitative estimate of drug-likeness (QED) is 0.592. The van der Waals surface area contributed by atoms with E-state index in [2.05, 4.69) is 21.2 Å². The van der Waals surface area contributed by atoms with E-state index in [0.717, 1.165) is 15.8 Å². The SMILES string of the molecule is C[C@@H](Nc1nc2ccccc2s1)C(=O)NNC(=O)C(C)(C)c1ccccc1. The molecule has 1 aromatic heterocycles. The van der Waals surface area contributed by atoms with Crippen LogP contribution >= 0.6 is 11.3 Å². The number of para-hydroxylation sites is 1. The van der Waals surface area contributed by atoms with Gasteiger partial charge in [0.1, 0.15) is 6.04 Å². The monoisotopic (exact) mass is 382 g/mol. The van der Waals surface area contributed by atoms with E-state index in [1.807, 2.05) is 68.4 Å². The van der Waals surface area contributed by atoms with Gasteiger partial charge in [-0.2, -0.15) is 0 Å². The number of thiazole rings is 1. The van der Waals surface area contributed by atoms with Crippen molar-refractivity contribution in [1.82, 2.24) is 15.8 Å². The van der Waals surface area contributed by atoms with Crippen LogP contribution in [0.2, 0.25) is 0 Å². The average molecular weight is 382 g/mol. The molecule has 0 aliphatic carbocycles. The highest BCUT2D eigenvalue weighted by molar-refractivity contribution is 7.22. The Balaban J connectivity index is 1.57. The normalized spacial score (nSPS) is 12.4. The molecule has 3 N–H and O–H groups in total. The number of nitrogens with one attached hydrogen (secondary N) is 3. The number of fused-ring (bicyclic) bond motifs is 1. The zero-order valence-electron chi connectivity index (χ0n) is 15.4. The lowest BCUT2D eigenvalue weighted by Crippen LogP contribution is -2.52. The molecule has 0 radical (unpaired) electrons. The van der Waals surface area contributed by atoms with Crippen LogP contribution in [-0.2, 0) is 15.0 Å². The summed E-state index contributed by atoms with van der Waals surface area (Å²) in [5.74, 6) is -0.624. The number of rotatable bonds is 5. The van der Waals surface area contributed by atoms with Crippen molar-refractivity contribution in [2.24, 2.45) is 0 Å². The van der Waals surface area contributed by atoms with E-state index in [0.29, 0.717) is 5.13 Å². The Morgan fingerprint density at radius 3 is 2.37 bits per heavy atom. The van der Waals surface area contributed by atoms with Crippen LogP contribution < -0.4 is 16.2 Å². The highest BCUT2D eigenvalue weighted by Gasteiger charge is 2.30. The number of amides is 2. The first-order valence-corrected chi connectivity index (χ1v) is 9.47. The average Bonchev–Trinajstić information content (AvgIpc) is 3.08. The van der Waals surface area contributed by atoms with Gasteiger partial charge in [-0.25, -0.2) is 4.98 Å². The van der Waals surface area contributed by atoms with E-state index in [4.69, 9.17) is 0 Å². The van der Waals surface area contributed by atoms with E-state index in [-0.39, 0.29) is 11.8 Å². The summed E-state index contributed by atoms with van der Waals surface area (Å²) in [4.78, 5) is 29.3. The van der Waals surface area contributed by atoms with Crippen LogP contribution in [0.1, 0.15) is 26.3 Å². The predicted molar refractivity (Wildman–Crippen MR) is 108 cm³/mol. The van der Waals surface area contributed by atoms with Gasteiger partial charge in [0.25, 0.3) is 5.91 Å². The summed E-state index contributed by atoms with van der Waals surface area (Å²) in [7, 11) is 0. The van der Waals surface area contributed by atoms with Crippen LogP contribution in [0.3, 0.4) is 0 Å². The minimum atomic E-state index is -0.766. The van der Waals surface area contributed by atoms with Gasteiger partial charge in [0.05, 0.1) is 15.6 Å². The Bertz CT molecular complexity index is 920. The summed E-state index contributed by atoms with van der Waals surface area (Å²) in [6.07, 6.45) is 0. The molecular weight excluding hydrogens is 360 g/mol. The minimum Gasteiger partial charge on any atom is -0.350 e. The van der Waals surface area contributed by atoms with E-state index in [9.17, 15) is 9.59 Å². The summed E-state index contributed by atoms with van der Waals surface area (Å²) in [5.41, 5.74) is 6.00. The molecule has 3 aromatic rings. The van der Waals surface area contributed by atoms with E-state index in [1.54, 1.807) is 6.92 Å². The van der Waals surface area contributed by atoms with Crippen molar-refractivity contribution in [2.75, 3.05) is 5.32 Å². The fourth-order valence-corrected chi connectivity index (χ4v) is 3.51. The van der Waals surface area contributed by atoms with Gasteiger partial charge in [0, 0.05) is 0 Å². The lowest BCUT2D eigenvalue weighted by molar-refractivity contribution is -0.131. The van der Waals surface area contributed by atoms with Gasteiger partial charge in [0.15, 0.2) is 5.13 Å². The molecule has 1 atom stereocenters. The van der Waals surface area contributed by atoms with Gasteiger partial charge in [-0.15, -0.1) is 0 Å². The second-order valence-electron chi connectivity index (χ2n) is 6.79. The lowest BCUT2D eigenvalue weighted by atomic mass is 9.84. The molecule has 0 fully saturated rings. The van der Waals surface area contributed by atoms with Crippen molar-refractivity contribution in [3.63, 3.8) is 0 Å². The number of hydrogen-bond donors (Lipinski definition) is 3. The molecule has 0 aliphatic rings. The molecule has 2 amide bonds. The standard InChI is InChI=1S/C20H22N4O2S/c1-13(21-19-22-15-11-7-8-12-16(15)27-19)17(25)23-24-18(26)20(2,3)14-9-5-4-6-10-14/h4-13H,1-3H3,(H,21,22)(H,23,25)(H,24,26)/t13-/m1/s1. The maximum absolute atomic E-state index is 12.5. The number of anilines is 1. The number of nitrogens with zero attached hydrogens (tertiary/aromatic N) is 1. The number of hydrazine groups is 1. The Labute approximate surface area is 162 Å². The largest absolute Gasteiger partial charge is 0.350 e. The summed E-state index contributed by atoms with van der Waals surface area (Å²) >= 11 is 1.48. The highest BCUT2D eigenvalue weighted by Crippen LogP contribution is 2.26. The van der Waals surface area contributed by atoms with Crippen molar-refractivity contribution in [2.45, 2.75) is 32.2 Å². The summed E-state index contributed by atoms with van der Waals surface area (Å²) in [5, 5.41) is 3.73. The van der Waals surface area contributed by atoms with Crippen LogP contribution in [0.4, 0.5) is 5.13 Å². The molecule has 140 valence electrons. The Hall–Kier alpha value is -2.93. The minimum absolute atomic E-state index is 0.283. The first-order chi connectivity index (χ1) is 12.9. The molecule has 0 unspecified atom stereocenters. The van der Waals surface area contributed by atoms with Crippen LogP contribution in [0.25, 0.3) is 10.2 Å². The summed E-state index contributed by atoms with van der Waals surface area (Å²) in [6.45, 7) is 5.34. The van der Waals surface area contributed by atoms with Crippen molar-refractivity contribution in [3.05, 3.63) is 60.2 Å². The fourth-order valence-electron chi connectivity index (χ4n) is 2.55. The number of benzene rings is 2. The Morgan fingerprint density at radius 1 is 1.00 bits per heavy atom. The van der Waals surface area contributed by atoms with Gasteiger partial charge in [-0.1, -0.05) is 53.8 Å². The van der Waals surface area contributed by atoms with E-state index >= 15 is 0 Å². The van der Waals surface area contributed by atoms with E-state index < -0.39 is 11.5 Å². The van der Waals surface area contributed by atoms with Gasteiger partial charge < -0.3 is 5.32 Å². The lowest BCUT2D eigenvalue weighted by Gasteiger charge is -2.24. The van der Waals surface area contributed by atoms with Gasteiger partial charge in [-0.05, 0) is 38.5 Å². The molecule has 27 heavy (non-hydrogen) atoms. The molecule has 0 saturated carbocycles. The van der Waals surface area contributed by atoms with Crippen molar-refractivity contribution >= 4 is 38.5 Å². The topological polar surface area (TPSA) is 83.1 Å². The van der Waals surface area contributed by atoms with Crippen molar-refractivity contribution in [3.8, 4) is 0 Å². The second kappa shape index (κ2) is 7.75. The van der Waals surface area contributed by atoms with Gasteiger partial charge in [-0.3, -0.25) is 20.4 Å². The molecule has 0 saturated heterocycles. The van der Waals surface area contributed by atoms with E-state index in [1.165, 1.54) is 11.3 Å². The molecule has 2 aromatic carbocycles. The zero-order valence-corrected chi connectivity index (χ0v) is 16.3. The Kier molecular flexibility index (Phi) is 5.41. The van der Waals surface area contributed by atoms with Crippen LogP contribution in [0.15, 0.2) is 54.6 Å². The highest BCUT2D eigenvalue weighted by atomic mass is 32.1. The Morgan fingerprint density at radius 2 is 1.67 bits per heavy atom. The molecule has 6 nitrogen and oxygen atoms in total. The van der Waals surface area contributed by atoms with Crippen molar-refractivity contribution in [1.29, 1.82) is 0 Å². The molecule has 1 heterocycles. The third-order valence-electron chi connectivity index (χ3n) is 4.39. The number of aromatic nitrogens is 1. The molecule has 0 aliphatic heterocycles. The van der Waals surface area contributed by atoms with Gasteiger partial charge in [0.2, 0.25) is 5.91 Å². The summed E-state index contributed by atoms with van der Waals surface area (Å²) in [6, 6.07) is 16.7. The number of carbonyl (C=O) groups is 2. The second-order valence-corrected chi connectivity index (χ2v) is 7.82. The molecule has 7 heteroatoms. The third kappa shape index (κ3) is 4.25. The smallest absolute Gasteiger partial charge is 0.260 e. The third-order valence-corrected chi connectivity index (χ3v) is 5.36. The fraction of sp³-hybridized carbons (Fsp3) is 0.250. The molecular formula is C20H22N4O2S. The van der Waals surface area contributed by atoms with Gasteiger partial charge >= 0.3 is 0 Å². The first-order valence-electron chi connectivity index (χ1n) is 8.66.